The lowest BCUT2D eigenvalue weighted by molar-refractivity contribution is -0.112. The van der Waals surface area contributed by atoms with Gasteiger partial charge in [0.05, 0.1) is 0 Å². The van der Waals surface area contributed by atoms with Crippen LogP contribution in [0.2, 0.25) is 0 Å². The first-order valence-corrected chi connectivity index (χ1v) is 6.71. The highest BCUT2D eigenvalue weighted by Gasteiger charge is 2.59. The van der Waals surface area contributed by atoms with Gasteiger partial charge < -0.3 is 5.32 Å². The third kappa shape index (κ3) is 1.34. The van der Waals surface area contributed by atoms with E-state index in [-0.39, 0.29) is 5.54 Å². The number of rotatable bonds is 2. The smallest absolute Gasteiger partial charge is 0.207 e. The van der Waals surface area contributed by atoms with E-state index in [1.165, 1.54) is 44.9 Å². The van der Waals surface area contributed by atoms with Crippen LogP contribution in [-0.4, -0.2) is 11.9 Å². The summed E-state index contributed by atoms with van der Waals surface area (Å²) in [6, 6.07) is 0. The first-order chi connectivity index (χ1) is 7.49. The highest BCUT2D eigenvalue weighted by molar-refractivity contribution is 5.48. The zero-order valence-corrected chi connectivity index (χ0v) is 10.5. The first kappa shape index (κ1) is 10.6. The van der Waals surface area contributed by atoms with Crippen molar-refractivity contribution < 1.29 is 4.79 Å². The molecule has 3 rings (SSSR count). The normalized spacial score (nSPS) is 54.8. The lowest BCUT2D eigenvalue weighted by Crippen LogP contribution is -2.50. The molecule has 0 spiro atoms. The Labute approximate surface area is 98.2 Å². The SMILES string of the molecule is CC12CC3CC(NC=O)(CCCC3(C)C1)C2. The van der Waals surface area contributed by atoms with Crippen LogP contribution in [-0.2, 0) is 4.79 Å². The van der Waals surface area contributed by atoms with E-state index in [0.717, 1.165) is 12.3 Å². The molecule has 90 valence electrons. The molecule has 0 radical (unpaired) electrons. The van der Waals surface area contributed by atoms with Crippen LogP contribution in [0.25, 0.3) is 0 Å². The molecule has 3 aliphatic rings. The van der Waals surface area contributed by atoms with Crippen molar-refractivity contribution >= 4 is 6.41 Å². The minimum absolute atomic E-state index is 0.147. The van der Waals surface area contributed by atoms with Crippen molar-refractivity contribution in [1.82, 2.24) is 5.32 Å². The average molecular weight is 221 g/mol. The molecule has 2 nitrogen and oxygen atoms in total. The molecule has 0 aromatic carbocycles. The summed E-state index contributed by atoms with van der Waals surface area (Å²) in [5, 5.41) is 3.19. The predicted octanol–water partition coefficient (Wildman–Crippen LogP) is 2.87. The van der Waals surface area contributed by atoms with Crippen LogP contribution < -0.4 is 5.32 Å². The summed E-state index contributed by atoms with van der Waals surface area (Å²) >= 11 is 0. The van der Waals surface area contributed by atoms with Crippen LogP contribution in [0.3, 0.4) is 0 Å². The van der Waals surface area contributed by atoms with E-state index in [0.29, 0.717) is 10.8 Å². The Kier molecular flexibility index (Phi) is 2.01. The Morgan fingerprint density at radius 3 is 2.75 bits per heavy atom. The van der Waals surface area contributed by atoms with Gasteiger partial charge in [0.25, 0.3) is 0 Å². The topological polar surface area (TPSA) is 29.1 Å². The molecule has 1 N–H and O–H groups in total. The van der Waals surface area contributed by atoms with E-state index in [1.54, 1.807) is 0 Å². The molecule has 2 heteroatoms. The number of nitrogens with one attached hydrogen (secondary N) is 1. The van der Waals surface area contributed by atoms with E-state index in [4.69, 9.17) is 0 Å². The summed E-state index contributed by atoms with van der Waals surface area (Å²) in [6.45, 7) is 4.93. The van der Waals surface area contributed by atoms with Gasteiger partial charge in [0, 0.05) is 5.54 Å². The van der Waals surface area contributed by atoms with Crippen molar-refractivity contribution in [2.75, 3.05) is 0 Å². The standard InChI is InChI=1S/C14H23NO/c1-12-6-11-7-14(9-12,15-10-16)5-3-4-13(11,2)8-12/h10-11H,3-9H2,1-2H3,(H,15,16). The van der Waals surface area contributed by atoms with Gasteiger partial charge in [-0.3, -0.25) is 4.79 Å². The second-order valence-corrected chi connectivity index (χ2v) is 7.32. The summed E-state index contributed by atoms with van der Waals surface area (Å²) in [7, 11) is 0. The third-order valence-corrected chi connectivity index (χ3v) is 5.73. The average Bonchev–Trinajstić information content (AvgIpc) is 2.26. The van der Waals surface area contributed by atoms with E-state index in [1.807, 2.05) is 0 Å². The summed E-state index contributed by atoms with van der Waals surface area (Å²) in [5.74, 6) is 0.848. The minimum Gasteiger partial charge on any atom is -0.353 e. The molecular weight excluding hydrogens is 198 g/mol. The van der Waals surface area contributed by atoms with Gasteiger partial charge in [-0.25, -0.2) is 0 Å². The van der Waals surface area contributed by atoms with Crippen molar-refractivity contribution in [2.24, 2.45) is 16.7 Å². The van der Waals surface area contributed by atoms with Gasteiger partial charge in [0.15, 0.2) is 0 Å². The molecule has 16 heavy (non-hydrogen) atoms. The molecule has 0 aliphatic heterocycles. The summed E-state index contributed by atoms with van der Waals surface area (Å²) in [5.41, 5.74) is 1.21. The Morgan fingerprint density at radius 2 is 2.00 bits per heavy atom. The maximum absolute atomic E-state index is 10.9. The van der Waals surface area contributed by atoms with Crippen molar-refractivity contribution in [3.63, 3.8) is 0 Å². The molecule has 4 unspecified atom stereocenters. The number of fused-ring (bicyclic) bond motifs is 2. The number of hydrogen-bond donors (Lipinski definition) is 1. The molecule has 0 saturated heterocycles. The fourth-order valence-electron chi connectivity index (χ4n) is 5.47. The molecule has 3 bridgehead atoms. The van der Waals surface area contributed by atoms with Crippen LogP contribution in [0.15, 0.2) is 0 Å². The van der Waals surface area contributed by atoms with Crippen LogP contribution in [0.1, 0.15) is 58.8 Å². The van der Waals surface area contributed by atoms with Gasteiger partial charge >= 0.3 is 0 Å². The second kappa shape index (κ2) is 3.02. The highest BCUT2D eigenvalue weighted by atomic mass is 16.1. The molecule has 4 atom stereocenters. The number of carbonyl (C=O) groups is 1. The van der Waals surface area contributed by atoms with E-state index >= 15 is 0 Å². The number of carbonyl (C=O) groups excluding carboxylic acids is 1. The number of hydrogen-bond acceptors (Lipinski definition) is 1. The maximum atomic E-state index is 10.9. The molecule has 1 amide bonds. The van der Waals surface area contributed by atoms with Crippen molar-refractivity contribution in [3.05, 3.63) is 0 Å². The lowest BCUT2D eigenvalue weighted by atomic mass is 9.66. The zero-order chi connectivity index (χ0) is 11.4. The van der Waals surface area contributed by atoms with Crippen molar-refractivity contribution in [1.29, 1.82) is 0 Å². The first-order valence-electron chi connectivity index (χ1n) is 6.71. The predicted molar refractivity (Wildman–Crippen MR) is 64.0 cm³/mol. The Morgan fingerprint density at radius 1 is 1.19 bits per heavy atom. The van der Waals surface area contributed by atoms with Crippen LogP contribution >= 0.6 is 0 Å². The van der Waals surface area contributed by atoms with Crippen molar-refractivity contribution in [3.8, 4) is 0 Å². The fraction of sp³-hybridized carbons (Fsp3) is 0.929. The van der Waals surface area contributed by atoms with Crippen LogP contribution in [0, 0.1) is 16.7 Å². The Hall–Kier alpha value is -0.530. The maximum Gasteiger partial charge on any atom is 0.207 e. The largest absolute Gasteiger partial charge is 0.353 e. The molecule has 0 aromatic heterocycles. The van der Waals surface area contributed by atoms with Crippen LogP contribution in [0.4, 0.5) is 0 Å². The monoisotopic (exact) mass is 221 g/mol. The van der Waals surface area contributed by atoms with Crippen LogP contribution in [0.5, 0.6) is 0 Å². The van der Waals surface area contributed by atoms with Gasteiger partial charge in [0.1, 0.15) is 0 Å². The molecule has 3 fully saturated rings. The fourth-order valence-corrected chi connectivity index (χ4v) is 5.47. The van der Waals surface area contributed by atoms with E-state index in [9.17, 15) is 4.79 Å². The van der Waals surface area contributed by atoms with Crippen molar-refractivity contribution in [2.45, 2.75) is 64.3 Å². The quantitative estimate of drug-likeness (QED) is 0.714. The molecule has 0 aromatic rings. The lowest BCUT2D eigenvalue weighted by Gasteiger charge is -2.44. The third-order valence-electron chi connectivity index (χ3n) is 5.73. The summed E-state index contributed by atoms with van der Waals surface area (Å²) < 4.78 is 0. The van der Waals surface area contributed by atoms with Gasteiger partial charge in [-0.1, -0.05) is 20.3 Å². The molecular formula is C14H23NO. The van der Waals surface area contributed by atoms with Gasteiger partial charge in [-0.2, -0.15) is 0 Å². The minimum atomic E-state index is 0.147. The molecule has 3 aliphatic carbocycles. The summed E-state index contributed by atoms with van der Waals surface area (Å²) in [4.78, 5) is 10.9. The Bertz CT molecular complexity index is 329. The van der Waals surface area contributed by atoms with E-state index < -0.39 is 0 Å². The highest BCUT2D eigenvalue weighted by Crippen LogP contribution is 2.66. The summed E-state index contributed by atoms with van der Waals surface area (Å²) in [6.07, 6.45) is 10.0. The van der Waals surface area contributed by atoms with Gasteiger partial charge in [-0.15, -0.1) is 0 Å². The second-order valence-electron chi connectivity index (χ2n) is 7.32. The van der Waals surface area contributed by atoms with E-state index in [2.05, 4.69) is 19.2 Å². The zero-order valence-electron chi connectivity index (χ0n) is 10.5. The Balaban J connectivity index is 1.99. The van der Waals surface area contributed by atoms with Gasteiger partial charge in [0.2, 0.25) is 6.41 Å². The number of amides is 1. The van der Waals surface area contributed by atoms with Gasteiger partial charge in [-0.05, 0) is 55.3 Å². The molecule has 0 heterocycles. The molecule has 3 saturated carbocycles.